The molecule has 0 unspecified atom stereocenters. The number of hydrogen-bond acceptors (Lipinski definition) is 3. The first-order chi connectivity index (χ1) is 8.11. The Kier molecular flexibility index (Phi) is 3.28. The lowest BCUT2D eigenvalue weighted by Crippen LogP contribution is -2.08. The number of benzene rings is 1. The Bertz CT molecular complexity index is 563. The lowest BCUT2D eigenvalue weighted by atomic mass is 10.2. The molecule has 0 aliphatic carbocycles. The summed E-state index contributed by atoms with van der Waals surface area (Å²) in [6.45, 7) is 1.94. The highest BCUT2D eigenvalue weighted by Crippen LogP contribution is 2.20. The minimum atomic E-state index is -0.380. The summed E-state index contributed by atoms with van der Waals surface area (Å²) in [6, 6.07) is 5.40. The first-order valence-electron chi connectivity index (χ1n) is 5.01. The maximum absolute atomic E-state index is 11.7. The Hall–Kier alpha value is -1.62. The van der Waals surface area contributed by atoms with Crippen molar-refractivity contribution in [3.8, 4) is 5.69 Å². The second-order valence-electron chi connectivity index (χ2n) is 3.62. The molecule has 0 aliphatic heterocycles. The van der Waals surface area contributed by atoms with Crippen LogP contribution in [0.2, 0.25) is 0 Å². The molecule has 17 heavy (non-hydrogen) atoms. The standard InChI is InChI=1S/C12H11BrN2O2/c1-8-6-14-15(7-8)11-4-3-9(13)5-10(11)12(16)17-2/h3-7H,1-2H3. The molecule has 2 rings (SSSR count). The molecule has 1 heterocycles. The van der Waals surface area contributed by atoms with E-state index >= 15 is 0 Å². The molecule has 0 saturated heterocycles. The largest absolute Gasteiger partial charge is 0.465 e. The third-order valence-corrected chi connectivity index (χ3v) is 2.82. The van der Waals surface area contributed by atoms with E-state index in [-0.39, 0.29) is 5.97 Å². The van der Waals surface area contributed by atoms with Crippen LogP contribution < -0.4 is 0 Å². The van der Waals surface area contributed by atoms with E-state index in [9.17, 15) is 4.79 Å². The summed E-state index contributed by atoms with van der Waals surface area (Å²) < 4.78 is 7.24. The molecule has 0 aliphatic rings. The van der Waals surface area contributed by atoms with Crippen molar-refractivity contribution in [1.82, 2.24) is 9.78 Å². The Balaban J connectivity index is 2.57. The van der Waals surface area contributed by atoms with Crippen molar-refractivity contribution in [1.29, 1.82) is 0 Å². The van der Waals surface area contributed by atoms with Gasteiger partial charge in [0.1, 0.15) is 0 Å². The SMILES string of the molecule is COC(=O)c1cc(Br)ccc1-n1cc(C)cn1. The second kappa shape index (κ2) is 4.71. The van der Waals surface area contributed by atoms with Crippen molar-refractivity contribution in [3.05, 3.63) is 46.2 Å². The van der Waals surface area contributed by atoms with Gasteiger partial charge in [-0.25, -0.2) is 9.48 Å². The smallest absolute Gasteiger partial charge is 0.340 e. The van der Waals surface area contributed by atoms with Gasteiger partial charge < -0.3 is 4.74 Å². The molecule has 88 valence electrons. The molecule has 0 N–H and O–H groups in total. The number of esters is 1. The summed E-state index contributed by atoms with van der Waals surface area (Å²) in [5, 5.41) is 4.19. The normalized spacial score (nSPS) is 10.3. The van der Waals surface area contributed by atoms with Crippen LogP contribution in [0.25, 0.3) is 5.69 Å². The van der Waals surface area contributed by atoms with E-state index in [4.69, 9.17) is 4.74 Å². The molecule has 0 spiro atoms. The van der Waals surface area contributed by atoms with Gasteiger partial charge in [0, 0.05) is 10.7 Å². The van der Waals surface area contributed by atoms with Crippen LogP contribution in [0, 0.1) is 6.92 Å². The fourth-order valence-electron chi connectivity index (χ4n) is 1.53. The predicted octanol–water partition coefficient (Wildman–Crippen LogP) is 2.73. The lowest BCUT2D eigenvalue weighted by molar-refractivity contribution is 0.0600. The number of methoxy groups -OCH3 is 1. The third kappa shape index (κ3) is 2.39. The van der Waals surface area contributed by atoms with Crippen LogP contribution in [0.3, 0.4) is 0 Å². The molecule has 0 amide bonds. The van der Waals surface area contributed by atoms with E-state index in [0.717, 1.165) is 10.0 Å². The van der Waals surface area contributed by atoms with Crippen LogP contribution in [-0.4, -0.2) is 22.9 Å². The highest BCUT2D eigenvalue weighted by atomic mass is 79.9. The fraction of sp³-hybridized carbons (Fsp3) is 0.167. The second-order valence-corrected chi connectivity index (χ2v) is 4.53. The van der Waals surface area contributed by atoms with Crippen molar-refractivity contribution >= 4 is 21.9 Å². The van der Waals surface area contributed by atoms with Crippen LogP contribution >= 0.6 is 15.9 Å². The quantitative estimate of drug-likeness (QED) is 0.800. The first-order valence-corrected chi connectivity index (χ1v) is 5.80. The Labute approximate surface area is 107 Å². The van der Waals surface area contributed by atoms with Gasteiger partial charge in [-0.05, 0) is 30.7 Å². The highest BCUT2D eigenvalue weighted by molar-refractivity contribution is 9.10. The molecule has 4 nitrogen and oxygen atoms in total. The Morgan fingerprint density at radius 2 is 2.24 bits per heavy atom. The fourth-order valence-corrected chi connectivity index (χ4v) is 1.89. The summed E-state index contributed by atoms with van der Waals surface area (Å²) in [6.07, 6.45) is 3.60. The number of nitrogens with zero attached hydrogens (tertiary/aromatic N) is 2. The van der Waals surface area contributed by atoms with E-state index in [2.05, 4.69) is 21.0 Å². The molecule has 1 aromatic heterocycles. The summed E-state index contributed by atoms with van der Waals surface area (Å²) >= 11 is 3.33. The Morgan fingerprint density at radius 3 is 2.82 bits per heavy atom. The van der Waals surface area contributed by atoms with E-state index in [1.165, 1.54) is 7.11 Å². The molecular weight excluding hydrogens is 284 g/mol. The molecule has 0 saturated carbocycles. The van der Waals surface area contributed by atoms with Crippen LogP contribution in [0.4, 0.5) is 0 Å². The van der Waals surface area contributed by atoms with Gasteiger partial charge in [-0.2, -0.15) is 5.10 Å². The first kappa shape index (κ1) is 11.9. The number of aryl methyl sites for hydroxylation is 1. The lowest BCUT2D eigenvalue weighted by Gasteiger charge is -2.08. The summed E-state index contributed by atoms with van der Waals surface area (Å²) in [5.74, 6) is -0.380. The number of aromatic nitrogens is 2. The van der Waals surface area contributed by atoms with Gasteiger partial charge in [0.15, 0.2) is 0 Å². The van der Waals surface area contributed by atoms with Crippen molar-refractivity contribution in [2.24, 2.45) is 0 Å². The van der Waals surface area contributed by atoms with Crippen LogP contribution in [-0.2, 0) is 4.74 Å². The van der Waals surface area contributed by atoms with Crippen LogP contribution in [0.5, 0.6) is 0 Å². The number of rotatable bonds is 2. The molecule has 0 atom stereocenters. The molecule has 0 fully saturated rings. The number of carbonyl (C=O) groups excluding carboxylic acids is 1. The number of ether oxygens (including phenoxy) is 1. The van der Waals surface area contributed by atoms with Crippen molar-refractivity contribution in [2.75, 3.05) is 7.11 Å². The number of halogens is 1. The minimum Gasteiger partial charge on any atom is -0.465 e. The van der Waals surface area contributed by atoms with Gasteiger partial charge in [-0.15, -0.1) is 0 Å². The maximum Gasteiger partial charge on any atom is 0.340 e. The molecule has 0 radical (unpaired) electrons. The maximum atomic E-state index is 11.7. The molecule has 0 bridgehead atoms. The van der Waals surface area contributed by atoms with Gasteiger partial charge >= 0.3 is 5.97 Å². The zero-order chi connectivity index (χ0) is 12.4. The third-order valence-electron chi connectivity index (χ3n) is 2.32. The summed E-state index contributed by atoms with van der Waals surface area (Å²) in [5.41, 5.74) is 2.21. The zero-order valence-electron chi connectivity index (χ0n) is 9.48. The predicted molar refractivity (Wildman–Crippen MR) is 67.3 cm³/mol. The monoisotopic (exact) mass is 294 g/mol. The minimum absolute atomic E-state index is 0.380. The molecule has 2 aromatic rings. The van der Waals surface area contributed by atoms with Crippen molar-refractivity contribution in [3.63, 3.8) is 0 Å². The van der Waals surface area contributed by atoms with Crippen LogP contribution in [0.1, 0.15) is 15.9 Å². The van der Waals surface area contributed by atoms with Gasteiger partial charge in [0.25, 0.3) is 0 Å². The van der Waals surface area contributed by atoms with E-state index in [0.29, 0.717) is 11.3 Å². The van der Waals surface area contributed by atoms with Crippen molar-refractivity contribution in [2.45, 2.75) is 6.92 Å². The van der Waals surface area contributed by atoms with Gasteiger partial charge in [-0.1, -0.05) is 15.9 Å². The molecule has 1 aromatic carbocycles. The molecular formula is C12H11BrN2O2. The van der Waals surface area contributed by atoms with Crippen LogP contribution in [0.15, 0.2) is 35.1 Å². The zero-order valence-corrected chi connectivity index (χ0v) is 11.1. The molecule has 5 heteroatoms. The van der Waals surface area contributed by atoms with Crippen molar-refractivity contribution < 1.29 is 9.53 Å². The summed E-state index contributed by atoms with van der Waals surface area (Å²) in [4.78, 5) is 11.7. The number of carbonyl (C=O) groups is 1. The topological polar surface area (TPSA) is 44.1 Å². The average Bonchev–Trinajstić information content (AvgIpc) is 2.74. The van der Waals surface area contributed by atoms with E-state index in [1.807, 2.05) is 25.3 Å². The van der Waals surface area contributed by atoms with E-state index < -0.39 is 0 Å². The van der Waals surface area contributed by atoms with Gasteiger partial charge in [-0.3, -0.25) is 0 Å². The van der Waals surface area contributed by atoms with Gasteiger partial charge in [0.05, 0.1) is 24.6 Å². The van der Waals surface area contributed by atoms with E-state index in [1.54, 1.807) is 16.9 Å². The number of hydrogen-bond donors (Lipinski definition) is 0. The van der Waals surface area contributed by atoms with Gasteiger partial charge in [0.2, 0.25) is 0 Å². The highest BCUT2D eigenvalue weighted by Gasteiger charge is 2.14. The summed E-state index contributed by atoms with van der Waals surface area (Å²) in [7, 11) is 1.36. The Morgan fingerprint density at radius 1 is 1.47 bits per heavy atom. The average molecular weight is 295 g/mol.